The molecule has 1 aromatic carbocycles. The standard InChI is InChI=1S/C18H20N4O2S/c1-4-5-11-25-17-19-15-14(16(23)21(3)18(24)20(15)2)22(17)12-13-9-7-6-8-10-13/h4-10H,11-12H2,1-3H3/b5-4+. The second kappa shape index (κ2) is 7.14. The van der Waals surface area contributed by atoms with Gasteiger partial charge >= 0.3 is 5.69 Å². The maximum atomic E-state index is 12.7. The molecule has 0 N–H and O–H groups in total. The Bertz CT molecular complexity index is 1040. The Kier molecular flexibility index (Phi) is 4.94. The minimum Gasteiger partial charge on any atom is -0.309 e. The molecule has 0 fully saturated rings. The van der Waals surface area contributed by atoms with Gasteiger partial charge in [0.25, 0.3) is 5.56 Å². The van der Waals surface area contributed by atoms with Crippen molar-refractivity contribution in [2.75, 3.05) is 5.75 Å². The lowest BCUT2D eigenvalue weighted by Crippen LogP contribution is -2.37. The van der Waals surface area contributed by atoms with Crippen LogP contribution >= 0.6 is 11.8 Å². The Labute approximate surface area is 149 Å². The van der Waals surface area contributed by atoms with Crippen LogP contribution in [-0.2, 0) is 20.6 Å². The van der Waals surface area contributed by atoms with Crippen LogP contribution in [0.3, 0.4) is 0 Å². The van der Waals surface area contributed by atoms with E-state index in [-0.39, 0.29) is 11.2 Å². The quantitative estimate of drug-likeness (QED) is 0.519. The number of benzene rings is 1. The molecule has 0 unspecified atom stereocenters. The highest BCUT2D eigenvalue weighted by Crippen LogP contribution is 2.23. The molecule has 3 aromatic rings. The minimum absolute atomic E-state index is 0.320. The molecule has 3 rings (SSSR count). The third-order valence-electron chi connectivity index (χ3n) is 4.04. The molecule has 0 saturated heterocycles. The molecular weight excluding hydrogens is 336 g/mol. The number of fused-ring (bicyclic) bond motifs is 1. The van der Waals surface area contributed by atoms with E-state index >= 15 is 0 Å². The molecular formula is C18H20N4O2S. The van der Waals surface area contributed by atoms with E-state index in [9.17, 15) is 9.59 Å². The SMILES string of the molecule is C/C=C/CSc1nc2c(c(=O)n(C)c(=O)n2C)n1Cc1ccccc1. The summed E-state index contributed by atoms with van der Waals surface area (Å²) in [5, 5.41) is 0.732. The van der Waals surface area contributed by atoms with Crippen LogP contribution in [-0.4, -0.2) is 24.4 Å². The number of allylic oxidation sites excluding steroid dienone is 1. The summed E-state index contributed by atoms with van der Waals surface area (Å²) in [6, 6.07) is 9.92. The smallest absolute Gasteiger partial charge is 0.309 e. The van der Waals surface area contributed by atoms with E-state index in [0.717, 1.165) is 21.0 Å². The first-order chi connectivity index (χ1) is 12.0. The lowest BCUT2D eigenvalue weighted by molar-refractivity contribution is 0.696. The highest BCUT2D eigenvalue weighted by atomic mass is 32.2. The molecule has 6 nitrogen and oxygen atoms in total. The summed E-state index contributed by atoms with van der Waals surface area (Å²) in [5.41, 5.74) is 1.26. The van der Waals surface area contributed by atoms with Crippen molar-refractivity contribution in [3.8, 4) is 0 Å². The van der Waals surface area contributed by atoms with Gasteiger partial charge in [-0.15, -0.1) is 0 Å². The fourth-order valence-electron chi connectivity index (χ4n) is 2.67. The van der Waals surface area contributed by atoms with E-state index in [4.69, 9.17) is 0 Å². The highest BCUT2D eigenvalue weighted by molar-refractivity contribution is 7.99. The number of aromatic nitrogens is 4. The Balaban J connectivity index is 2.24. The van der Waals surface area contributed by atoms with Crippen LogP contribution < -0.4 is 11.2 Å². The Morgan fingerprint density at radius 1 is 1.12 bits per heavy atom. The summed E-state index contributed by atoms with van der Waals surface area (Å²) in [7, 11) is 3.14. The van der Waals surface area contributed by atoms with Gasteiger partial charge in [0, 0.05) is 19.8 Å². The number of hydrogen-bond acceptors (Lipinski definition) is 4. The average Bonchev–Trinajstić information content (AvgIpc) is 2.98. The van der Waals surface area contributed by atoms with Gasteiger partial charge in [-0.25, -0.2) is 9.78 Å². The summed E-state index contributed by atoms with van der Waals surface area (Å²) in [6.07, 6.45) is 4.01. The Morgan fingerprint density at radius 3 is 2.52 bits per heavy atom. The third-order valence-corrected chi connectivity index (χ3v) is 4.97. The summed E-state index contributed by atoms with van der Waals surface area (Å²) < 4.78 is 4.46. The monoisotopic (exact) mass is 356 g/mol. The fourth-order valence-corrected chi connectivity index (χ4v) is 3.57. The lowest BCUT2D eigenvalue weighted by atomic mass is 10.2. The van der Waals surface area contributed by atoms with E-state index in [0.29, 0.717) is 17.7 Å². The maximum Gasteiger partial charge on any atom is 0.332 e. The van der Waals surface area contributed by atoms with Crippen LogP contribution in [0.2, 0.25) is 0 Å². The van der Waals surface area contributed by atoms with Gasteiger partial charge in [-0.3, -0.25) is 13.9 Å². The van der Waals surface area contributed by atoms with E-state index in [1.54, 1.807) is 18.8 Å². The molecule has 0 radical (unpaired) electrons. The molecule has 0 atom stereocenters. The molecule has 0 saturated carbocycles. The van der Waals surface area contributed by atoms with Crippen LogP contribution in [0, 0.1) is 0 Å². The molecule has 0 bridgehead atoms. The number of nitrogens with zero attached hydrogens (tertiary/aromatic N) is 4. The van der Waals surface area contributed by atoms with Crippen molar-refractivity contribution in [1.29, 1.82) is 0 Å². The van der Waals surface area contributed by atoms with Gasteiger partial charge in [-0.1, -0.05) is 54.2 Å². The van der Waals surface area contributed by atoms with Crippen molar-refractivity contribution in [1.82, 2.24) is 18.7 Å². The van der Waals surface area contributed by atoms with Gasteiger partial charge < -0.3 is 4.57 Å². The molecule has 0 aliphatic heterocycles. The topological polar surface area (TPSA) is 61.8 Å². The largest absolute Gasteiger partial charge is 0.332 e. The molecule has 2 heterocycles. The first-order valence-electron chi connectivity index (χ1n) is 7.98. The molecule has 0 amide bonds. The zero-order valence-electron chi connectivity index (χ0n) is 14.5. The predicted molar refractivity (Wildman–Crippen MR) is 101 cm³/mol. The van der Waals surface area contributed by atoms with Gasteiger partial charge in [0.1, 0.15) is 0 Å². The third kappa shape index (κ3) is 3.19. The number of thioether (sulfide) groups is 1. The predicted octanol–water partition coefficient (Wildman–Crippen LogP) is 2.15. The first-order valence-corrected chi connectivity index (χ1v) is 8.97. The Morgan fingerprint density at radius 2 is 1.84 bits per heavy atom. The van der Waals surface area contributed by atoms with Gasteiger partial charge in [0.2, 0.25) is 0 Å². The van der Waals surface area contributed by atoms with Gasteiger partial charge in [-0.2, -0.15) is 0 Å². The summed E-state index contributed by atoms with van der Waals surface area (Å²) >= 11 is 1.55. The minimum atomic E-state index is -0.369. The van der Waals surface area contributed by atoms with Crippen molar-refractivity contribution in [3.05, 3.63) is 68.9 Å². The molecule has 130 valence electrons. The molecule has 7 heteroatoms. The summed E-state index contributed by atoms with van der Waals surface area (Å²) in [4.78, 5) is 29.5. The molecule has 2 aromatic heterocycles. The Hall–Kier alpha value is -2.54. The number of rotatable bonds is 5. The molecule has 0 spiro atoms. The van der Waals surface area contributed by atoms with Gasteiger partial charge in [-0.05, 0) is 12.5 Å². The molecule has 0 aliphatic carbocycles. The van der Waals surface area contributed by atoms with Crippen molar-refractivity contribution in [2.45, 2.75) is 18.6 Å². The highest BCUT2D eigenvalue weighted by Gasteiger charge is 2.19. The second-order valence-corrected chi connectivity index (χ2v) is 6.71. The lowest BCUT2D eigenvalue weighted by Gasteiger charge is -2.09. The number of imidazole rings is 1. The van der Waals surface area contributed by atoms with Crippen LogP contribution in [0.4, 0.5) is 0 Å². The van der Waals surface area contributed by atoms with E-state index < -0.39 is 0 Å². The van der Waals surface area contributed by atoms with Crippen LogP contribution in [0.5, 0.6) is 0 Å². The van der Waals surface area contributed by atoms with Crippen LogP contribution in [0.15, 0.2) is 57.2 Å². The normalized spacial score (nSPS) is 11.6. The second-order valence-electron chi connectivity index (χ2n) is 5.72. The van der Waals surface area contributed by atoms with Crippen molar-refractivity contribution >= 4 is 22.9 Å². The van der Waals surface area contributed by atoms with Crippen molar-refractivity contribution in [3.63, 3.8) is 0 Å². The van der Waals surface area contributed by atoms with Crippen molar-refractivity contribution < 1.29 is 0 Å². The zero-order chi connectivity index (χ0) is 18.0. The van der Waals surface area contributed by atoms with E-state index in [1.165, 1.54) is 11.6 Å². The zero-order valence-corrected chi connectivity index (χ0v) is 15.3. The molecule has 0 aliphatic rings. The molecule has 25 heavy (non-hydrogen) atoms. The van der Waals surface area contributed by atoms with Crippen LogP contribution in [0.25, 0.3) is 11.2 Å². The van der Waals surface area contributed by atoms with Gasteiger partial charge in [0.15, 0.2) is 16.3 Å². The number of hydrogen-bond donors (Lipinski definition) is 0. The van der Waals surface area contributed by atoms with E-state index in [1.807, 2.05) is 54.0 Å². The average molecular weight is 356 g/mol. The fraction of sp³-hybridized carbons (Fsp3) is 0.278. The van der Waals surface area contributed by atoms with Gasteiger partial charge in [0.05, 0.1) is 6.54 Å². The summed E-state index contributed by atoms with van der Waals surface area (Å²) in [6.45, 7) is 2.50. The summed E-state index contributed by atoms with van der Waals surface area (Å²) in [5.74, 6) is 0.753. The van der Waals surface area contributed by atoms with Crippen molar-refractivity contribution in [2.24, 2.45) is 14.1 Å². The first kappa shape index (κ1) is 17.3. The number of aryl methyl sites for hydroxylation is 1. The maximum absolute atomic E-state index is 12.7. The van der Waals surface area contributed by atoms with E-state index in [2.05, 4.69) is 4.98 Å². The van der Waals surface area contributed by atoms with Crippen LogP contribution in [0.1, 0.15) is 12.5 Å².